The maximum absolute atomic E-state index is 14.8. The minimum atomic E-state index is -0.736. The van der Waals surface area contributed by atoms with E-state index in [9.17, 15) is 9.59 Å². The zero-order valence-electron chi connectivity index (χ0n) is 28.6. The summed E-state index contributed by atoms with van der Waals surface area (Å²) in [5, 5.41) is 3.02. The van der Waals surface area contributed by atoms with Crippen molar-refractivity contribution in [2.24, 2.45) is 4.99 Å². The summed E-state index contributed by atoms with van der Waals surface area (Å²) in [7, 11) is 1.60. The highest BCUT2D eigenvalue weighted by Crippen LogP contribution is 2.37. The Hall–Kier alpha value is -6.51. The Morgan fingerprint density at radius 3 is 2.10 bits per heavy atom. The van der Waals surface area contributed by atoms with Crippen LogP contribution in [0.3, 0.4) is 0 Å². The Morgan fingerprint density at radius 1 is 0.788 bits per heavy atom. The van der Waals surface area contributed by atoms with Crippen LogP contribution in [-0.2, 0) is 4.79 Å². The summed E-state index contributed by atoms with van der Waals surface area (Å²) < 4.78 is 9.98. The second kappa shape index (κ2) is 14.0. The van der Waals surface area contributed by atoms with Gasteiger partial charge in [0.05, 0.1) is 40.3 Å². The summed E-state index contributed by atoms with van der Waals surface area (Å²) in [6.45, 7) is 1.82. The largest absolute Gasteiger partial charge is 0.497 e. The standard InChI is InChI=1S/C44H34N4O3S/c1-29-39(42(49)46-34-21-11-5-12-22-34)41(32-20-15-25-36(26-32)51-2)48-43(50)38(52-44(48)45-29)28-33-27-37(30-16-7-3-8-17-30)47(35-23-13-6-14-24-35)40(33)31-18-9-4-10-19-31/h3-28,41H,1-2H3,(H,46,49)/b38-28-/t41-/m0/s1. The average Bonchev–Trinajstić information content (AvgIpc) is 3.72. The Labute approximate surface area is 304 Å². The van der Waals surface area contributed by atoms with Gasteiger partial charge in [0.2, 0.25) is 0 Å². The molecule has 0 aliphatic carbocycles. The van der Waals surface area contributed by atoms with Crippen LogP contribution < -0.4 is 24.9 Å². The highest BCUT2D eigenvalue weighted by Gasteiger charge is 2.33. The fraction of sp³-hybridized carbons (Fsp3) is 0.0682. The fourth-order valence-corrected chi connectivity index (χ4v) is 7.84. The van der Waals surface area contributed by atoms with E-state index in [1.54, 1.807) is 11.7 Å². The zero-order valence-corrected chi connectivity index (χ0v) is 29.4. The Bertz CT molecular complexity index is 2630. The molecule has 8 heteroatoms. The number of thiazole rings is 1. The first-order chi connectivity index (χ1) is 25.5. The van der Waals surface area contributed by atoms with E-state index < -0.39 is 6.04 Å². The number of hydrogen-bond donors (Lipinski definition) is 1. The van der Waals surface area contributed by atoms with Gasteiger partial charge in [-0.25, -0.2) is 4.99 Å². The highest BCUT2D eigenvalue weighted by atomic mass is 32.1. The Balaban J connectivity index is 1.36. The predicted molar refractivity (Wildman–Crippen MR) is 208 cm³/mol. The van der Waals surface area contributed by atoms with Gasteiger partial charge in [-0.15, -0.1) is 0 Å². The van der Waals surface area contributed by atoms with Gasteiger partial charge in [0, 0.05) is 16.9 Å². The van der Waals surface area contributed by atoms with Gasteiger partial charge in [-0.3, -0.25) is 14.2 Å². The van der Waals surface area contributed by atoms with Crippen LogP contribution in [-0.4, -0.2) is 22.2 Å². The van der Waals surface area contributed by atoms with Crippen LogP contribution in [0.15, 0.2) is 173 Å². The molecule has 1 amide bonds. The number of ether oxygens (including phenoxy) is 1. The van der Waals surface area contributed by atoms with Crippen LogP contribution in [0.1, 0.15) is 24.1 Å². The topological polar surface area (TPSA) is 77.6 Å². The third-order valence-electron chi connectivity index (χ3n) is 9.16. The van der Waals surface area contributed by atoms with Crippen LogP contribution >= 0.6 is 11.3 Å². The number of nitrogens with zero attached hydrogens (tertiary/aromatic N) is 3. The van der Waals surface area contributed by atoms with Crippen LogP contribution in [0, 0.1) is 0 Å². The number of rotatable bonds is 8. The molecule has 0 fully saturated rings. The van der Waals surface area contributed by atoms with Gasteiger partial charge >= 0.3 is 0 Å². The van der Waals surface area contributed by atoms with E-state index in [1.165, 1.54) is 11.3 Å². The number of para-hydroxylation sites is 2. The highest BCUT2D eigenvalue weighted by molar-refractivity contribution is 7.07. The molecule has 0 saturated heterocycles. The zero-order chi connectivity index (χ0) is 35.6. The number of hydrogen-bond acceptors (Lipinski definition) is 5. The number of anilines is 1. The number of benzene rings is 5. The van der Waals surface area contributed by atoms with E-state index in [4.69, 9.17) is 9.73 Å². The molecule has 0 spiro atoms. The molecule has 0 unspecified atom stereocenters. The van der Waals surface area contributed by atoms with E-state index >= 15 is 0 Å². The van der Waals surface area contributed by atoms with Gasteiger partial charge in [0.25, 0.3) is 11.5 Å². The lowest BCUT2D eigenvalue weighted by molar-refractivity contribution is -0.113. The molecule has 0 bridgehead atoms. The smallest absolute Gasteiger partial charge is 0.271 e. The second-order valence-corrected chi connectivity index (χ2v) is 13.4. The first kappa shape index (κ1) is 32.7. The van der Waals surface area contributed by atoms with E-state index in [1.807, 2.05) is 122 Å². The van der Waals surface area contributed by atoms with Gasteiger partial charge in [-0.1, -0.05) is 121 Å². The van der Waals surface area contributed by atoms with Crippen molar-refractivity contribution < 1.29 is 9.53 Å². The number of methoxy groups -OCH3 is 1. The molecule has 7 aromatic rings. The Kier molecular flexibility index (Phi) is 8.81. The average molecular weight is 699 g/mol. The summed E-state index contributed by atoms with van der Waals surface area (Å²) >= 11 is 1.32. The minimum Gasteiger partial charge on any atom is -0.497 e. The number of fused-ring (bicyclic) bond motifs is 1. The maximum Gasteiger partial charge on any atom is 0.271 e. The molecular weight excluding hydrogens is 665 g/mol. The molecule has 1 aliphatic rings. The SMILES string of the molecule is COc1cccc([C@H]2C(C(=O)Nc3ccccc3)=C(C)N=c3s/c(=C\c4cc(-c5ccccc5)n(-c5ccccc5)c4-c4ccccc4)c(=O)n32)c1. The summed E-state index contributed by atoms with van der Waals surface area (Å²) in [5.74, 6) is 0.300. The fourth-order valence-electron chi connectivity index (χ4n) is 6.80. The molecule has 254 valence electrons. The molecule has 52 heavy (non-hydrogen) atoms. The normalized spacial score (nSPS) is 14.1. The Morgan fingerprint density at radius 2 is 1.42 bits per heavy atom. The molecule has 1 aliphatic heterocycles. The number of allylic oxidation sites excluding steroid dienone is 1. The maximum atomic E-state index is 14.8. The molecular formula is C44H34N4O3S. The van der Waals surface area contributed by atoms with Crippen molar-refractivity contribution in [3.8, 4) is 34.0 Å². The van der Waals surface area contributed by atoms with Crippen LogP contribution in [0.4, 0.5) is 5.69 Å². The first-order valence-electron chi connectivity index (χ1n) is 16.9. The molecule has 1 N–H and O–H groups in total. The van der Waals surface area contributed by atoms with Gasteiger partial charge < -0.3 is 14.6 Å². The van der Waals surface area contributed by atoms with E-state index in [0.717, 1.165) is 39.3 Å². The predicted octanol–water partition coefficient (Wildman–Crippen LogP) is 8.01. The van der Waals surface area contributed by atoms with E-state index in [-0.39, 0.29) is 11.5 Å². The van der Waals surface area contributed by atoms with Crippen molar-refractivity contribution in [3.63, 3.8) is 0 Å². The van der Waals surface area contributed by atoms with Crippen molar-refractivity contribution in [3.05, 3.63) is 194 Å². The lowest BCUT2D eigenvalue weighted by Crippen LogP contribution is -2.40. The number of nitrogens with one attached hydrogen (secondary N) is 1. The third kappa shape index (κ3) is 6.10. The van der Waals surface area contributed by atoms with Crippen molar-refractivity contribution in [2.75, 3.05) is 12.4 Å². The van der Waals surface area contributed by atoms with Crippen LogP contribution in [0.2, 0.25) is 0 Å². The van der Waals surface area contributed by atoms with Gasteiger partial charge in [-0.05, 0) is 72.2 Å². The van der Waals surface area contributed by atoms with E-state index in [2.05, 4.69) is 52.3 Å². The van der Waals surface area contributed by atoms with Crippen molar-refractivity contribution in [1.82, 2.24) is 9.13 Å². The molecule has 2 aromatic heterocycles. The number of amides is 1. The summed E-state index contributed by atoms with van der Waals surface area (Å²) in [5.41, 5.74) is 8.00. The van der Waals surface area contributed by atoms with Gasteiger partial charge in [0.15, 0.2) is 4.80 Å². The van der Waals surface area contributed by atoms with Crippen molar-refractivity contribution in [1.29, 1.82) is 0 Å². The lowest BCUT2D eigenvalue weighted by atomic mass is 9.95. The molecule has 1 atom stereocenters. The van der Waals surface area contributed by atoms with Gasteiger partial charge in [0.1, 0.15) is 5.75 Å². The number of aromatic nitrogens is 2. The quantitative estimate of drug-likeness (QED) is 0.175. The third-order valence-corrected chi connectivity index (χ3v) is 10.1. The van der Waals surface area contributed by atoms with Crippen LogP contribution in [0.25, 0.3) is 34.3 Å². The molecule has 7 nitrogen and oxygen atoms in total. The monoisotopic (exact) mass is 698 g/mol. The first-order valence-corrected chi connectivity index (χ1v) is 17.8. The number of carbonyl (C=O) groups excluding carboxylic acids is 1. The molecule has 0 radical (unpaired) electrons. The van der Waals surface area contributed by atoms with Crippen molar-refractivity contribution in [2.45, 2.75) is 13.0 Å². The summed E-state index contributed by atoms with van der Waals surface area (Å²) in [6.07, 6.45) is 1.96. The van der Waals surface area contributed by atoms with Crippen molar-refractivity contribution >= 4 is 29.0 Å². The van der Waals surface area contributed by atoms with Gasteiger partial charge in [-0.2, -0.15) is 0 Å². The minimum absolute atomic E-state index is 0.234. The van der Waals surface area contributed by atoms with Crippen LogP contribution in [0.5, 0.6) is 5.75 Å². The summed E-state index contributed by atoms with van der Waals surface area (Å²) in [6, 6.07) is 49.0. The molecule has 0 saturated carbocycles. The van der Waals surface area contributed by atoms with E-state index in [0.29, 0.717) is 32.0 Å². The molecule has 5 aromatic carbocycles. The summed E-state index contributed by atoms with van der Waals surface area (Å²) in [4.78, 5) is 34.2. The second-order valence-electron chi connectivity index (χ2n) is 12.4. The molecule has 3 heterocycles. The number of carbonyl (C=O) groups is 1. The lowest BCUT2D eigenvalue weighted by Gasteiger charge is -2.25. The molecule has 8 rings (SSSR count).